The summed E-state index contributed by atoms with van der Waals surface area (Å²) in [5.74, 6) is 0.260. The number of hydrogen-bond acceptors (Lipinski definition) is 4. The molecule has 1 aromatic rings. The van der Waals surface area contributed by atoms with Crippen LogP contribution in [-0.2, 0) is 20.7 Å². The quantitative estimate of drug-likeness (QED) is 0.851. The molecule has 5 nitrogen and oxygen atoms in total. The SMILES string of the molecule is CO[C@@H]1COCC[C@H]1NC(=O)CCc1ccc(O)cc1. The Morgan fingerprint density at radius 2 is 2.20 bits per heavy atom. The van der Waals surface area contributed by atoms with Gasteiger partial charge < -0.3 is 19.9 Å². The van der Waals surface area contributed by atoms with E-state index in [0.717, 1.165) is 12.0 Å². The number of nitrogens with one attached hydrogen (secondary N) is 1. The maximum atomic E-state index is 12.0. The summed E-state index contributed by atoms with van der Waals surface area (Å²) in [6, 6.07) is 6.95. The summed E-state index contributed by atoms with van der Waals surface area (Å²) in [7, 11) is 1.63. The second-order valence-electron chi connectivity index (χ2n) is 4.98. The minimum Gasteiger partial charge on any atom is -0.508 e. The van der Waals surface area contributed by atoms with E-state index < -0.39 is 0 Å². The number of phenols is 1. The molecule has 0 saturated carbocycles. The van der Waals surface area contributed by atoms with Gasteiger partial charge >= 0.3 is 0 Å². The normalized spacial score (nSPS) is 22.4. The monoisotopic (exact) mass is 279 g/mol. The van der Waals surface area contributed by atoms with Gasteiger partial charge in [0.1, 0.15) is 11.9 Å². The van der Waals surface area contributed by atoms with E-state index >= 15 is 0 Å². The highest BCUT2D eigenvalue weighted by Crippen LogP contribution is 2.13. The lowest BCUT2D eigenvalue weighted by Crippen LogP contribution is -2.49. The predicted octanol–water partition coefficient (Wildman–Crippen LogP) is 1.24. The van der Waals surface area contributed by atoms with Crippen LogP contribution in [0, 0.1) is 0 Å². The lowest BCUT2D eigenvalue weighted by Gasteiger charge is -2.31. The van der Waals surface area contributed by atoms with Crippen molar-refractivity contribution in [1.82, 2.24) is 5.32 Å². The van der Waals surface area contributed by atoms with Gasteiger partial charge in [0.25, 0.3) is 0 Å². The molecule has 1 aromatic carbocycles. The first kappa shape index (κ1) is 14.8. The summed E-state index contributed by atoms with van der Waals surface area (Å²) in [6.45, 7) is 1.18. The molecular formula is C15H21NO4. The molecule has 1 heterocycles. The molecule has 1 saturated heterocycles. The molecule has 110 valence electrons. The summed E-state index contributed by atoms with van der Waals surface area (Å²) in [5.41, 5.74) is 1.04. The fraction of sp³-hybridized carbons (Fsp3) is 0.533. The van der Waals surface area contributed by atoms with Crippen LogP contribution in [0.5, 0.6) is 5.75 Å². The van der Waals surface area contributed by atoms with Crippen LogP contribution in [-0.4, -0.2) is 43.5 Å². The van der Waals surface area contributed by atoms with Crippen LogP contribution in [0.25, 0.3) is 0 Å². The lowest BCUT2D eigenvalue weighted by molar-refractivity contribution is -0.125. The number of carbonyl (C=O) groups excluding carboxylic acids is 1. The molecule has 0 aliphatic carbocycles. The molecule has 1 aliphatic rings. The highest BCUT2D eigenvalue weighted by atomic mass is 16.5. The molecule has 1 fully saturated rings. The summed E-state index contributed by atoms with van der Waals surface area (Å²) in [6.07, 6.45) is 1.80. The molecule has 0 radical (unpaired) electrons. The van der Waals surface area contributed by atoms with E-state index in [9.17, 15) is 9.90 Å². The van der Waals surface area contributed by atoms with Crippen LogP contribution in [0.1, 0.15) is 18.4 Å². The number of methoxy groups -OCH3 is 1. The largest absolute Gasteiger partial charge is 0.508 e. The predicted molar refractivity (Wildman–Crippen MR) is 74.6 cm³/mol. The Morgan fingerprint density at radius 1 is 1.45 bits per heavy atom. The number of carbonyl (C=O) groups is 1. The number of phenolic OH excluding ortho intramolecular Hbond substituents is 1. The fourth-order valence-corrected chi connectivity index (χ4v) is 2.31. The number of ether oxygens (including phenoxy) is 2. The summed E-state index contributed by atoms with van der Waals surface area (Å²) >= 11 is 0. The van der Waals surface area contributed by atoms with Gasteiger partial charge in [-0.15, -0.1) is 0 Å². The van der Waals surface area contributed by atoms with E-state index in [2.05, 4.69) is 5.32 Å². The van der Waals surface area contributed by atoms with Crippen LogP contribution >= 0.6 is 0 Å². The zero-order chi connectivity index (χ0) is 14.4. The van der Waals surface area contributed by atoms with Crippen LogP contribution in [0.4, 0.5) is 0 Å². The molecular weight excluding hydrogens is 258 g/mol. The first-order valence-corrected chi connectivity index (χ1v) is 6.87. The first-order chi connectivity index (χ1) is 9.69. The van der Waals surface area contributed by atoms with Gasteiger partial charge in [-0.25, -0.2) is 0 Å². The molecule has 0 aromatic heterocycles. The van der Waals surface area contributed by atoms with Gasteiger partial charge in [-0.05, 0) is 30.5 Å². The van der Waals surface area contributed by atoms with Crippen molar-refractivity contribution in [2.75, 3.05) is 20.3 Å². The number of aromatic hydroxyl groups is 1. The van der Waals surface area contributed by atoms with Gasteiger partial charge in [0.2, 0.25) is 5.91 Å². The highest BCUT2D eigenvalue weighted by molar-refractivity contribution is 5.76. The Hall–Kier alpha value is -1.59. The molecule has 20 heavy (non-hydrogen) atoms. The molecule has 1 amide bonds. The third-order valence-electron chi connectivity index (χ3n) is 3.53. The average molecular weight is 279 g/mol. The molecule has 2 rings (SSSR count). The summed E-state index contributed by atoms with van der Waals surface area (Å²) in [5, 5.41) is 12.2. The molecule has 2 N–H and O–H groups in total. The zero-order valence-corrected chi connectivity index (χ0v) is 11.7. The van der Waals surface area contributed by atoms with Gasteiger partial charge in [-0.3, -0.25) is 4.79 Å². The molecule has 0 spiro atoms. The summed E-state index contributed by atoms with van der Waals surface area (Å²) < 4.78 is 10.6. The lowest BCUT2D eigenvalue weighted by atomic mass is 10.0. The molecule has 1 aliphatic heterocycles. The van der Waals surface area contributed by atoms with Crippen LogP contribution < -0.4 is 5.32 Å². The van der Waals surface area contributed by atoms with E-state index in [0.29, 0.717) is 26.1 Å². The van der Waals surface area contributed by atoms with Crippen LogP contribution in [0.15, 0.2) is 24.3 Å². The smallest absolute Gasteiger partial charge is 0.220 e. The first-order valence-electron chi connectivity index (χ1n) is 6.87. The summed E-state index contributed by atoms with van der Waals surface area (Å²) in [4.78, 5) is 12.0. The Labute approximate surface area is 118 Å². The standard InChI is InChI=1S/C15H21NO4/c1-19-14-10-20-9-8-13(14)16-15(18)7-4-11-2-5-12(17)6-3-11/h2-3,5-6,13-14,17H,4,7-10H2,1H3,(H,16,18)/t13-,14-/m1/s1. The second kappa shape index (κ2) is 7.26. The number of rotatable bonds is 5. The minimum atomic E-state index is -0.0682. The van der Waals surface area contributed by atoms with Crippen molar-refractivity contribution < 1.29 is 19.4 Å². The van der Waals surface area contributed by atoms with Gasteiger partial charge in [-0.2, -0.15) is 0 Å². The van der Waals surface area contributed by atoms with Crippen LogP contribution in [0.3, 0.4) is 0 Å². The molecule has 0 bridgehead atoms. The van der Waals surface area contributed by atoms with Crippen molar-refractivity contribution in [3.63, 3.8) is 0 Å². The van der Waals surface area contributed by atoms with E-state index in [4.69, 9.17) is 9.47 Å². The highest BCUT2D eigenvalue weighted by Gasteiger charge is 2.26. The molecule has 0 unspecified atom stereocenters. The number of hydrogen-bond donors (Lipinski definition) is 2. The maximum absolute atomic E-state index is 12.0. The Kier molecular flexibility index (Phi) is 5.38. The molecule has 5 heteroatoms. The maximum Gasteiger partial charge on any atom is 0.220 e. The van der Waals surface area contributed by atoms with Crippen LogP contribution in [0.2, 0.25) is 0 Å². The van der Waals surface area contributed by atoms with E-state index in [1.807, 2.05) is 12.1 Å². The van der Waals surface area contributed by atoms with Crippen molar-refractivity contribution in [1.29, 1.82) is 0 Å². The number of benzene rings is 1. The third kappa shape index (κ3) is 4.21. The average Bonchev–Trinajstić information content (AvgIpc) is 2.47. The second-order valence-corrected chi connectivity index (χ2v) is 4.98. The van der Waals surface area contributed by atoms with Crippen molar-refractivity contribution in [3.8, 4) is 5.75 Å². The van der Waals surface area contributed by atoms with E-state index in [1.54, 1.807) is 19.2 Å². The Balaban J connectivity index is 1.78. The van der Waals surface area contributed by atoms with Gasteiger partial charge in [0.15, 0.2) is 0 Å². The van der Waals surface area contributed by atoms with Crippen molar-refractivity contribution in [2.24, 2.45) is 0 Å². The van der Waals surface area contributed by atoms with Gasteiger partial charge in [-0.1, -0.05) is 12.1 Å². The zero-order valence-electron chi connectivity index (χ0n) is 11.7. The van der Waals surface area contributed by atoms with Gasteiger partial charge in [0.05, 0.1) is 12.6 Å². The van der Waals surface area contributed by atoms with Crippen molar-refractivity contribution in [3.05, 3.63) is 29.8 Å². The third-order valence-corrected chi connectivity index (χ3v) is 3.53. The van der Waals surface area contributed by atoms with E-state index in [-0.39, 0.29) is 23.8 Å². The minimum absolute atomic E-state index is 0.0204. The number of aryl methyl sites for hydroxylation is 1. The number of amides is 1. The molecule has 2 atom stereocenters. The van der Waals surface area contributed by atoms with Crippen molar-refractivity contribution >= 4 is 5.91 Å². The van der Waals surface area contributed by atoms with Crippen molar-refractivity contribution in [2.45, 2.75) is 31.4 Å². The topological polar surface area (TPSA) is 67.8 Å². The Morgan fingerprint density at radius 3 is 2.90 bits per heavy atom. The van der Waals surface area contributed by atoms with Gasteiger partial charge in [0, 0.05) is 20.1 Å². The Bertz CT molecular complexity index is 432. The fourth-order valence-electron chi connectivity index (χ4n) is 2.31. The van der Waals surface area contributed by atoms with E-state index in [1.165, 1.54) is 0 Å².